The van der Waals surface area contributed by atoms with E-state index in [1.807, 2.05) is 17.7 Å². The molecule has 1 saturated heterocycles. The minimum absolute atomic E-state index is 0.0345. The lowest BCUT2D eigenvalue weighted by atomic mass is 9.79. The molecule has 2 aromatic rings. The highest BCUT2D eigenvalue weighted by molar-refractivity contribution is 7.91. The van der Waals surface area contributed by atoms with Gasteiger partial charge in [-0.2, -0.15) is 0 Å². The number of ether oxygens (including phenoxy) is 3. The van der Waals surface area contributed by atoms with Crippen LogP contribution in [0.1, 0.15) is 104 Å². The molecule has 1 spiro atoms. The molecule has 6 fully saturated rings. The number of aromatic nitrogens is 2. The molecule has 2 aliphatic heterocycles. The lowest BCUT2D eigenvalue weighted by molar-refractivity contribution is -0.144. The Labute approximate surface area is 347 Å². The summed E-state index contributed by atoms with van der Waals surface area (Å²) in [4.78, 5) is 68.4. The lowest BCUT2D eigenvalue weighted by Gasteiger charge is -2.37. The van der Waals surface area contributed by atoms with Crippen LogP contribution < -0.4 is 24.8 Å². The zero-order valence-electron chi connectivity index (χ0n) is 34.4. The van der Waals surface area contributed by atoms with Crippen LogP contribution in [-0.2, 0) is 35.6 Å². The summed E-state index contributed by atoms with van der Waals surface area (Å²) in [5.41, 5.74) is -1.23. The predicted octanol–water partition coefficient (Wildman–Crippen LogP) is 4.55. The number of alkyl carbamates (subject to hydrolysis) is 1. The molecular formula is C42H54F2N6O9S. The third kappa shape index (κ3) is 7.01. The number of nitrogens with one attached hydrogen (secondary N) is 3. The average molecular weight is 857 g/mol. The van der Waals surface area contributed by atoms with Crippen LogP contribution in [-0.4, -0.2) is 102 Å². The summed E-state index contributed by atoms with van der Waals surface area (Å²) in [6, 6.07) is 2.86. The molecule has 2 bridgehead atoms. The molecule has 15 nitrogen and oxygen atoms in total. The van der Waals surface area contributed by atoms with Crippen LogP contribution in [0.2, 0.25) is 0 Å². The third-order valence-electron chi connectivity index (χ3n) is 15.2. The highest BCUT2D eigenvalue weighted by Gasteiger charge is 2.72. The number of methoxy groups -OCH3 is 1. The van der Waals surface area contributed by atoms with E-state index < -0.39 is 92.4 Å². The lowest BCUT2D eigenvalue weighted by Crippen LogP contribution is -2.61. The van der Waals surface area contributed by atoms with Gasteiger partial charge in [-0.05, 0) is 94.6 Å². The zero-order chi connectivity index (χ0) is 42.6. The van der Waals surface area contributed by atoms with Crippen LogP contribution >= 0.6 is 0 Å². The number of rotatable bonds is 8. The molecule has 9 atom stereocenters. The third-order valence-corrected chi connectivity index (χ3v) is 17.3. The number of halogens is 2. The molecule has 1 aromatic carbocycles. The quantitative estimate of drug-likeness (QED) is 0.337. The first kappa shape index (κ1) is 41.0. The Morgan fingerprint density at radius 1 is 1.00 bits per heavy atom. The molecule has 326 valence electrons. The maximum atomic E-state index is 15.1. The van der Waals surface area contributed by atoms with Gasteiger partial charge in [-0.25, -0.2) is 32.0 Å². The highest BCUT2D eigenvalue weighted by atomic mass is 32.2. The standard InChI is InChI=1S/C42H54F2N6O9S/c1-22-29-21-50(31(22)34(51)48-42(19-25(42)33(43)44)37(53)49-60(55,56)40(3)15-16-40)36(52)32(39(2)13-7-8-14-39)47-38(54)59-30-20-41(30)18-23(41)9-5-6-10-27-35(58-29)46-28-17-24(57-4)11-12-26(28)45-27/h11-12,17,22-23,25,29-33H,5-10,13-16,18-21H2,1-4H3,(H,47,54)(H,48,51)(H,49,53)/t22-,23?,25+,29+,30-,31+,32-,41?,42-/m1/s1. The Morgan fingerprint density at radius 3 is 2.43 bits per heavy atom. The monoisotopic (exact) mass is 856 g/mol. The van der Waals surface area contributed by atoms with E-state index in [1.54, 1.807) is 26.2 Å². The molecule has 2 unspecified atom stereocenters. The smallest absolute Gasteiger partial charge is 0.408 e. The fourth-order valence-electron chi connectivity index (χ4n) is 10.4. The van der Waals surface area contributed by atoms with E-state index in [2.05, 4.69) is 10.6 Å². The van der Waals surface area contributed by atoms with Crippen LogP contribution in [0.25, 0.3) is 11.0 Å². The summed E-state index contributed by atoms with van der Waals surface area (Å²) in [6.07, 6.45) is 3.01. The number of benzene rings is 1. The average Bonchev–Trinajstić information content (AvgIpc) is 4.15. The SMILES string of the molecule is COc1ccc2nc3c(nc2c1)O[C@H]1CN(C(=O)[C@H](C2(C)CCCC2)NC(=O)O[C@@H]2CC24CC4CCCC3)[C@H](C(=O)N[C@]2(C(=O)NS(=O)(=O)C3(C)CC3)C[C@H]2C(F)F)[C@@H]1C. The van der Waals surface area contributed by atoms with Gasteiger partial charge < -0.3 is 29.7 Å². The van der Waals surface area contributed by atoms with E-state index in [-0.39, 0.29) is 23.9 Å². The van der Waals surface area contributed by atoms with Crippen LogP contribution in [0.4, 0.5) is 13.6 Å². The van der Waals surface area contributed by atoms with Crippen molar-refractivity contribution in [2.24, 2.45) is 28.6 Å². The zero-order valence-corrected chi connectivity index (χ0v) is 35.2. The summed E-state index contributed by atoms with van der Waals surface area (Å²) in [6.45, 7) is 4.92. The molecule has 18 heteroatoms. The van der Waals surface area contributed by atoms with Crippen LogP contribution in [0.3, 0.4) is 0 Å². The van der Waals surface area contributed by atoms with E-state index >= 15 is 4.79 Å². The molecule has 3 heterocycles. The first-order chi connectivity index (χ1) is 28.4. The van der Waals surface area contributed by atoms with Crippen molar-refractivity contribution in [1.29, 1.82) is 0 Å². The Morgan fingerprint density at radius 2 is 1.75 bits per heavy atom. The molecule has 1 aromatic heterocycles. The van der Waals surface area contributed by atoms with Gasteiger partial charge in [0.1, 0.15) is 41.3 Å². The number of alkyl halides is 2. The van der Waals surface area contributed by atoms with Crippen LogP contribution in [0, 0.1) is 28.6 Å². The second-order valence-corrected chi connectivity index (χ2v) is 21.4. The Balaban J connectivity index is 1.08. The number of aryl methyl sites for hydroxylation is 1. The number of hydrogen-bond donors (Lipinski definition) is 3. The second kappa shape index (κ2) is 14.4. The van der Waals surface area contributed by atoms with Gasteiger partial charge in [-0.3, -0.25) is 19.1 Å². The summed E-state index contributed by atoms with van der Waals surface area (Å²) in [5, 5.41) is 5.43. The van der Waals surface area contributed by atoms with Gasteiger partial charge in [0.05, 0.1) is 35.4 Å². The molecule has 5 saturated carbocycles. The Hall–Kier alpha value is -4.35. The molecule has 7 aliphatic rings. The number of sulfonamides is 1. The van der Waals surface area contributed by atoms with Gasteiger partial charge in [0.15, 0.2) is 0 Å². The van der Waals surface area contributed by atoms with Crippen molar-refractivity contribution in [2.45, 2.75) is 145 Å². The van der Waals surface area contributed by atoms with Crippen molar-refractivity contribution in [2.75, 3.05) is 13.7 Å². The Bertz CT molecular complexity index is 2240. The number of hydrogen-bond acceptors (Lipinski definition) is 11. The summed E-state index contributed by atoms with van der Waals surface area (Å²) >= 11 is 0. The van der Waals surface area contributed by atoms with Crippen molar-refractivity contribution < 1.29 is 50.6 Å². The summed E-state index contributed by atoms with van der Waals surface area (Å²) in [5.74, 6) is -4.00. The largest absolute Gasteiger partial charge is 0.497 e. The van der Waals surface area contributed by atoms with Gasteiger partial charge in [0.25, 0.3) is 5.91 Å². The van der Waals surface area contributed by atoms with Gasteiger partial charge in [-0.1, -0.05) is 33.1 Å². The fraction of sp³-hybridized carbons (Fsp3) is 0.714. The van der Waals surface area contributed by atoms with E-state index in [1.165, 1.54) is 11.8 Å². The number of amides is 4. The minimum Gasteiger partial charge on any atom is -0.497 e. The molecular weight excluding hydrogens is 803 g/mol. The van der Waals surface area contributed by atoms with Crippen molar-refractivity contribution in [1.82, 2.24) is 30.2 Å². The second-order valence-electron chi connectivity index (χ2n) is 19.2. The number of fused-ring (bicyclic) bond motifs is 4. The van der Waals surface area contributed by atoms with Crippen molar-refractivity contribution in [3.63, 3.8) is 0 Å². The first-order valence-corrected chi connectivity index (χ1v) is 22.9. The van der Waals surface area contributed by atoms with E-state index in [0.717, 1.165) is 44.9 Å². The number of carbonyl (C=O) groups excluding carboxylic acids is 4. The van der Waals surface area contributed by atoms with E-state index in [9.17, 15) is 31.6 Å². The van der Waals surface area contributed by atoms with Crippen molar-refractivity contribution >= 4 is 44.9 Å². The van der Waals surface area contributed by atoms with Crippen molar-refractivity contribution in [3.05, 3.63) is 23.9 Å². The first-order valence-electron chi connectivity index (χ1n) is 21.4. The Kier molecular flexibility index (Phi) is 9.82. The topological polar surface area (TPSA) is 195 Å². The molecule has 0 radical (unpaired) electrons. The van der Waals surface area contributed by atoms with Crippen LogP contribution in [0.15, 0.2) is 18.2 Å². The fourth-order valence-corrected chi connectivity index (χ4v) is 11.7. The van der Waals surface area contributed by atoms with Crippen molar-refractivity contribution in [3.8, 4) is 11.6 Å². The number of nitrogens with zero attached hydrogens (tertiary/aromatic N) is 3. The molecule has 60 heavy (non-hydrogen) atoms. The maximum absolute atomic E-state index is 15.1. The van der Waals surface area contributed by atoms with E-state index in [4.69, 9.17) is 24.2 Å². The molecule has 5 aliphatic carbocycles. The number of carbonyl (C=O) groups is 4. The molecule has 9 rings (SSSR count). The normalized spacial score (nSPS) is 35.3. The summed E-state index contributed by atoms with van der Waals surface area (Å²) in [7, 11) is -2.69. The van der Waals surface area contributed by atoms with Gasteiger partial charge in [0, 0.05) is 17.4 Å². The maximum Gasteiger partial charge on any atom is 0.408 e. The molecule has 4 amide bonds. The van der Waals surface area contributed by atoms with E-state index in [0.29, 0.717) is 60.5 Å². The molecule has 3 N–H and O–H groups in total. The van der Waals surface area contributed by atoms with Crippen LogP contribution in [0.5, 0.6) is 11.6 Å². The summed E-state index contributed by atoms with van der Waals surface area (Å²) < 4.78 is 73.9. The highest BCUT2D eigenvalue weighted by Crippen LogP contribution is 2.73. The van der Waals surface area contributed by atoms with Gasteiger partial charge >= 0.3 is 6.09 Å². The minimum atomic E-state index is -4.24. The predicted molar refractivity (Wildman–Crippen MR) is 211 cm³/mol. The van der Waals surface area contributed by atoms with Gasteiger partial charge in [-0.15, -0.1) is 0 Å². The van der Waals surface area contributed by atoms with Gasteiger partial charge in [0.2, 0.25) is 34.1 Å².